The number of benzene rings is 2. The van der Waals surface area contributed by atoms with Crippen LogP contribution in [0, 0.1) is 5.92 Å². The summed E-state index contributed by atoms with van der Waals surface area (Å²) in [6.45, 7) is 3.63. The lowest BCUT2D eigenvalue weighted by molar-refractivity contribution is -0.118. The van der Waals surface area contributed by atoms with E-state index in [9.17, 15) is 14.4 Å². The number of primary amides is 1. The molecule has 0 aliphatic rings. The highest BCUT2D eigenvalue weighted by atomic mass is 35.5. The number of anilines is 1. The van der Waals surface area contributed by atoms with Crippen molar-refractivity contribution in [2.45, 2.75) is 19.9 Å². The van der Waals surface area contributed by atoms with Crippen molar-refractivity contribution >= 4 is 35.0 Å². The third-order valence-corrected chi connectivity index (χ3v) is 4.10. The Hall–Kier alpha value is -2.86. The van der Waals surface area contributed by atoms with Crippen LogP contribution in [0.25, 0.3) is 0 Å². The summed E-state index contributed by atoms with van der Waals surface area (Å²) in [5.74, 6) is -1.59. The Morgan fingerprint density at radius 2 is 1.73 bits per heavy atom. The van der Waals surface area contributed by atoms with Crippen LogP contribution in [0.1, 0.15) is 34.6 Å². The predicted octanol–water partition coefficient (Wildman–Crippen LogP) is 2.83. The highest BCUT2D eigenvalue weighted by Gasteiger charge is 2.25. The van der Waals surface area contributed by atoms with Crippen molar-refractivity contribution in [2.24, 2.45) is 11.7 Å². The Bertz CT molecular complexity index is 836. The third kappa shape index (κ3) is 4.83. The van der Waals surface area contributed by atoms with Crippen molar-refractivity contribution in [3.63, 3.8) is 0 Å². The summed E-state index contributed by atoms with van der Waals surface area (Å²) >= 11 is 6.03. The van der Waals surface area contributed by atoms with Gasteiger partial charge in [0, 0.05) is 11.3 Å². The Morgan fingerprint density at radius 3 is 2.35 bits per heavy atom. The molecule has 2 aromatic rings. The highest BCUT2D eigenvalue weighted by Crippen LogP contribution is 2.16. The van der Waals surface area contributed by atoms with E-state index in [2.05, 4.69) is 10.6 Å². The van der Waals surface area contributed by atoms with Crippen LogP contribution in [0.15, 0.2) is 48.5 Å². The van der Waals surface area contributed by atoms with Gasteiger partial charge < -0.3 is 16.4 Å². The van der Waals surface area contributed by atoms with Crippen molar-refractivity contribution in [3.8, 4) is 0 Å². The van der Waals surface area contributed by atoms with E-state index in [0.717, 1.165) is 0 Å². The van der Waals surface area contributed by atoms with Crippen LogP contribution < -0.4 is 16.4 Å². The van der Waals surface area contributed by atoms with Gasteiger partial charge in [0.25, 0.3) is 5.91 Å². The minimum absolute atomic E-state index is 0.166. The normalized spacial score (nSPS) is 11.7. The standard InChI is InChI=1S/C19H20ClN3O3/c1-11(2)16(23-18(25)14-8-3-4-9-15(14)20)19(26)22-13-7-5-6-12(10-13)17(21)24/h3-11,16H,1-2H3,(H2,21,24)(H,22,26)(H,23,25)/t16-/m1/s1. The molecule has 0 aliphatic heterocycles. The average Bonchev–Trinajstić information content (AvgIpc) is 2.59. The van der Waals surface area contributed by atoms with E-state index in [-0.39, 0.29) is 11.5 Å². The van der Waals surface area contributed by atoms with Crippen LogP contribution in [-0.4, -0.2) is 23.8 Å². The van der Waals surface area contributed by atoms with E-state index in [1.807, 2.05) is 13.8 Å². The summed E-state index contributed by atoms with van der Waals surface area (Å²) in [7, 11) is 0. The minimum atomic E-state index is -0.781. The summed E-state index contributed by atoms with van der Waals surface area (Å²) < 4.78 is 0. The molecule has 2 rings (SSSR count). The average molecular weight is 374 g/mol. The molecule has 0 aliphatic carbocycles. The Balaban J connectivity index is 2.15. The van der Waals surface area contributed by atoms with Gasteiger partial charge in [-0.25, -0.2) is 0 Å². The second-order valence-corrected chi connectivity index (χ2v) is 6.52. The molecule has 1 atom stereocenters. The minimum Gasteiger partial charge on any atom is -0.366 e. The first-order chi connectivity index (χ1) is 12.3. The summed E-state index contributed by atoms with van der Waals surface area (Å²) in [6, 6.07) is 12.1. The van der Waals surface area contributed by atoms with Crippen LogP contribution >= 0.6 is 11.6 Å². The van der Waals surface area contributed by atoms with E-state index in [1.54, 1.807) is 42.5 Å². The zero-order valence-corrected chi connectivity index (χ0v) is 15.2. The molecule has 4 N–H and O–H groups in total. The number of rotatable bonds is 6. The SMILES string of the molecule is CC(C)[C@@H](NC(=O)c1ccccc1Cl)C(=O)Nc1cccc(C(N)=O)c1. The van der Waals surface area contributed by atoms with Crippen LogP contribution in [-0.2, 0) is 4.79 Å². The lowest BCUT2D eigenvalue weighted by atomic mass is 10.0. The number of hydrogen-bond acceptors (Lipinski definition) is 3. The van der Waals surface area contributed by atoms with Gasteiger partial charge in [-0.15, -0.1) is 0 Å². The van der Waals surface area contributed by atoms with Crippen LogP contribution in [0.2, 0.25) is 5.02 Å². The molecule has 2 aromatic carbocycles. The third-order valence-electron chi connectivity index (χ3n) is 3.77. The van der Waals surface area contributed by atoms with Gasteiger partial charge in [0.1, 0.15) is 6.04 Å². The molecule has 0 aromatic heterocycles. The van der Waals surface area contributed by atoms with E-state index in [1.165, 1.54) is 6.07 Å². The van der Waals surface area contributed by atoms with Crippen molar-refractivity contribution < 1.29 is 14.4 Å². The van der Waals surface area contributed by atoms with Crippen molar-refractivity contribution in [2.75, 3.05) is 5.32 Å². The van der Waals surface area contributed by atoms with Crippen LogP contribution in [0.3, 0.4) is 0 Å². The molecule has 0 radical (unpaired) electrons. The van der Waals surface area contributed by atoms with E-state index >= 15 is 0 Å². The quantitative estimate of drug-likeness (QED) is 0.725. The van der Waals surface area contributed by atoms with Crippen molar-refractivity contribution in [1.82, 2.24) is 5.32 Å². The number of carbonyl (C=O) groups excluding carboxylic acids is 3. The van der Waals surface area contributed by atoms with Gasteiger partial charge in [0.05, 0.1) is 10.6 Å². The molecule has 0 spiro atoms. The predicted molar refractivity (Wildman–Crippen MR) is 101 cm³/mol. The van der Waals surface area contributed by atoms with Gasteiger partial charge in [0.15, 0.2) is 0 Å². The number of halogens is 1. The van der Waals surface area contributed by atoms with Gasteiger partial charge >= 0.3 is 0 Å². The van der Waals surface area contributed by atoms with Gasteiger partial charge in [-0.2, -0.15) is 0 Å². The lowest BCUT2D eigenvalue weighted by Gasteiger charge is -2.22. The second kappa shape index (κ2) is 8.49. The lowest BCUT2D eigenvalue weighted by Crippen LogP contribution is -2.47. The molecule has 0 unspecified atom stereocenters. The smallest absolute Gasteiger partial charge is 0.253 e. The fraction of sp³-hybridized carbons (Fsp3) is 0.211. The molecule has 26 heavy (non-hydrogen) atoms. The number of nitrogens with two attached hydrogens (primary N) is 1. The maximum Gasteiger partial charge on any atom is 0.253 e. The molecule has 0 heterocycles. The molecular weight excluding hydrogens is 354 g/mol. The van der Waals surface area contributed by atoms with E-state index in [0.29, 0.717) is 16.3 Å². The monoisotopic (exact) mass is 373 g/mol. The molecule has 0 saturated carbocycles. The Labute approximate surface area is 156 Å². The first kappa shape index (κ1) is 19.5. The van der Waals surface area contributed by atoms with E-state index in [4.69, 9.17) is 17.3 Å². The maximum absolute atomic E-state index is 12.6. The number of nitrogens with one attached hydrogen (secondary N) is 2. The summed E-state index contributed by atoms with van der Waals surface area (Å²) in [4.78, 5) is 36.3. The van der Waals surface area contributed by atoms with E-state index < -0.39 is 23.8 Å². The fourth-order valence-corrected chi connectivity index (χ4v) is 2.59. The van der Waals surface area contributed by atoms with Crippen molar-refractivity contribution in [1.29, 1.82) is 0 Å². The number of carbonyl (C=O) groups is 3. The first-order valence-corrected chi connectivity index (χ1v) is 8.43. The number of amides is 3. The molecule has 6 nitrogen and oxygen atoms in total. The molecule has 7 heteroatoms. The van der Waals surface area contributed by atoms with Gasteiger partial charge in [-0.05, 0) is 36.2 Å². The maximum atomic E-state index is 12.6. The molecule has 0 bridgehead atoms. The molecule has 0 saturated heterocycles. The summed E-state index contributed by atoms with van der Waals surface area (Å²) in [5, 5.41) is 5.71. The molecular formula is C19H20ClN3O3. The zero-order valence-electron chi connectivity index (χ0n) is 14.5. The van der Waals surface area contributed by atoms with Gasteiger partial charge in [0.2, 0.25) is 11.8 Å². The van der Waals surface area contributed by atoms with Gasteiger partial charge in [-0.3, -0.25) is 14.4 Å². The Kier molecular flexibility index (Phi) is 6.36. The van der Waals surface area contributed by atoms with Crippen LogP contribution in [0.4, 0.5) is 5.69 Å². The number of hydrogen-bond donors (Lipinski definition) is 3. The summed E-state index contributed by atoms with van der Waals surface area (Å²) in [6.07, 6.45) is 0. The summed E-state index contributed by atoms with van der Waals surface area (Å²) in [5.41, 5.74) is 6.24. The van der Waals surface area contributed by atoms with Crippen molar-refractivity contribution in [3.05, 3.63) is 64.7 Å². The molecule has 136 valence electrons. The zero-order chi connectivity index (χ0) is 19.3. The largest absolute Gasteiger partial charge is 0.366 e. The second-order valence-electron chi connectivity index (χ2n) is 6.11. The fourth-order valence-electron chi connectivity index (χ4n) is 2.37. The van der Waals surface area contributed by atoms with Gasteiger partial charge in [-0.1, -0.05) is 43.6 Å². The molecule has 0 fully saturated rings. The molecule has 3 amide bonds. The topological polar surface area (TPSA) is 101 Å². The first-order valence-electron chi connectivity index (χ1n) is 8.05. The van der Waals surface area contributed by atoms with Crippen LogP contribution in [0.5, 0.6) is 0 Å². The Morgan fingerprint density at radius 1 is 1.04 bits per heavy atom. The highest BCUT2D eigenvalue weighted by molar-refractivity contribution is 6.33.